The van der Waals surface area contributed by atoms with Gasteiger partial charge < -0.3 is 48.9 Å². The van der Waals surface area contributed by atoms with Gasteiger partial charge in [-0.15, -0.1) is 0 Å². The van der Waals surface area contributed by atoms with E-state index in [9.17, 15) is 44.6 Å². The number of phosphoric ester groups is 1. The number of ether oxygens (including phenoxy) is 2. The van der Waals surface area contributed by atoms with E-state index < -0.39 is 75.7 Å². The number of aliphatic hydroxyl groups excluding tert-OH is 5. The van der Waals surface area contributed by atoms with Crippen LogP contribution >= 0.6 is 7.82 Å². The highest BCUT2D eigenvalue weighted by Crippen LogP contribution is 2.43. The first-order valence-electron chi connectivity index (χ1n) is 22.5. The molecule has 1 saturated carbocycles. The molecule has 0 aromatic carbocycles. The summed E-state index contributed by atoms with van der Waals surface area (Å²) in [4.78, 5) is 37.9. The lowest BCUT2D eigenvalue weighted by Gasteiger charge is -2.43. The molecule has 14 heteroatoms. The average molecular weight is 836 g/mol. The molecular formula is C43H80O13P-. The van der Waals surface area contributed by atoms with Gasteiger partial charge in [-0.25, -0.2) is 0 Å². The van der Waals surface area contributed by atoms with Crippen LogP contribution in [0.5, 0.6) is 0 Å². The van der Waals surface area contributed by atoms with Gasteiger partial charge in [-0.05, 0) is 38.5 Å². The zero-order chi connectivity index (χ0) is 42.2. The minimum Gasteiger partial charge on any atom is -0.756 e. The highest BCUT2D eigenvalue weighted by molar-refractivity contribution is 7.45. The molecule has 0 saturated heterocycles. The Morgan fingerprint density at radius 2 is 0.912 bits per heavy atom. The van der Waals surface area contributed by atoms with Crippen molar-refractivity contribution in [3.05, 3.63) is 12.2 Å². The summed E-state index contributed by atoms with van der Waals surface area (Å²) in [5, 5.41) is 50.0. The number of carbonyl (C=O) groups is 2. The Kier molecular flexibility index (Phi) is 32.3. The molecule has 13 nitrogen and oxygen atoms in total. The SMILES string of the molecule is CCCCCCCC/C=C/CCCCCCCC(=O)O[C@@H](COC(=O)CCCCCCCCCCCCCCC)COP(=O)([O-])OC1[C@@H](O)[C@H](O)C(O)[C@H](O)[C@H]1O. The molecule has 0 aromatic heterocycles. The molecule has 0 aromatic rings. The van der Waals surface area contributed by atoms with E-state index in [1.807, 2.05) is 0 Å². The van der Waals surface area contributed by atoms with E-state index >= 15 is 0 Å². The number of unbranched alkanes of at least 4 members (excludes halogenated alkanes) is 23. The predicted octanol–water partition coefficient (Wildman–Crippen LogP) is 7.65. The molecule has 0 aliphatic heterocycles. The first-order chi connectivity index (χ1) is 27.4. The fourth-order valence-corrected chi connectivity index (χ4v) is 7.88. The van der Waals surface area contributed by atoms with Gasteiger partial charge in [0.15, 0.2) is 6.10 Å². The first-order valence-corrected chi connectivity index (χ1v) is 23.9. The van der Waals surface area contributed by atoms with E-state index in [1.54, 1.807) is 0 Å². The third-order valence-electron chi connectivity index (χ3n) is 10.6. The summed E-state index contributed by atoms with van der Waals surface area (Å²) >= 11 is 0. The summed E-state index contributed by atoms with van der Waals surface area (Å²) in [5.74, 6) is -1.14. The van der Waals surface area contributed by atoms with Gasteiger partial charge in [0, 0.05) is 12.8 Å². The monoisotopic (exact) mass is 836 g/mol. The van der Waals surface area contributed by atoms with Crippen LogP contribution in [0.3, 0.4) is 0 Å². The van der Waals surface area contributed by atoms with Crippen LogP contribution in [-0.4, -0.2) is 93.4 Å². The van der Waals surface area contributed by atoms with Crippen LogP contribution in [0.15, 0.2) is 12.2 Å². The second-order valence-electron chi connectivity index (χ2n) is 15.9. The van der Waals surface area contributed by atoms with E-state index in [0.29, 0.717) is 12.8 Å². The number of hydrogen-bond donors (Lipinski definition) is 5. The van der Waals surface area contributed by atoms with Crippen LogP contribution in [0.2, 0.25) is 0 Å². The number of aliphatic hydroxyl groups is 5. The number of allylic oxidation sites excluding steroid dienone is 2. The van der Waals surface area contributed by atoms with Crippen LogP contribution in [0.4, 0.5) is 0 Å². The summed E-state index contributed by atoms with van der Waals surface area (Å²) < 4.78 is 33.1. The van der Waals surface area contributed by atoms with Crippen LogP contribution < -0.4 is 4.89 Å². The van der Waals surface area contributed by atoms with E-state index in [1.165, 1.54) is 96.3 Å². The molecule has 0 spiro atoms. The molecule has 0 radical (unpaired) electrons. The Morgan fingerprint density at radius 1 is 0.544 bits per heavy atom. The van der Waals surface area contributed by atoms with Crippen molar-refractivity contribution in [1.82, 2.24) is 0 Å². The van der Waals surface area contributed by atoms with Gasteiger partial charge in [-0.2, -0.15) is 0 Å². The summed E-state index contributed by atoms with van der Waals surface area (Å²) in [5.41, 5.74) is 0. The molecule has 1 rings (SSSR count). The standard InChI is InChI=1S/C43H81O13P/c1-3-5-7-9-11-13-15-17-18-20-22-24-26-28-30-32-37(45)55-35(34-54-57(51,52)56-43-41(49)39(47)38(46)40(48)42(43)50)33-53-36(44)31-29-27-25-23-21-19-16-14-12-10-8-6-4-2/h17-18,35,38-43,46-50H,3-16,19-34H2,1-2H3,(H,51,52)/p-1/b18-17+/t35-,38?,39-,40+,41+,42-,43?/m0/s1. The number of carbonyl (C=O) groups excluding carboxylic acids is 2. The van der Waals surface area contributed by atoms with E-state index in [2.05, 4.69) is 26.0 Å². The average Bonchev–Trinajstić information content (AvgIpc) is 3.19. The molecule has 336 valence electrons. The lowest BCUT2D eigenvalue weighted by molar-refractivity contribution is -0.261. The molecule has 3 unspecified atom stereocenters. The summed E-state index contributed by atoms with van der Waals surface area (Å²) in [6.07, 6.45) is 20.8. The lowest BCUT2D eigenvalue weighted by Crippen LogP contribution is -2.64. The maximum absolute atomic E-state index is 12.7. The van der Waals surface area contributed by atoms with Crippen molar-refractivity contribution in [3.63, 3.8) is 0 Å². The Hall–Kier alpha value is -1.41. The van der Waals surface area contributed by atoms with E-state index in [-0.39, 0.29) is 12.8 Å². The maximum Gasteiger partial charge on any atom is 0.306 e. The fraction of sp³-hybridized carbons (Fsp3) is 0.907. The van der Waals surface area contributed by atoms with Gasteiger partial charge in [0.1, 0.15) is 43.2 Å². The molecule has 8 atom stereocenters. The zero-order valence-electron chi connectivity index (χ0n) is 35.4. The van der Waals surface area contributed by atoms with Crippen LogP contribution in [0, 0.1) is 0 Å². The van der Waals surface area contributed by atoms with Crippen molar-refractivity contribution in [2.75, 3.05) is 13.2 Å². The van der Waals surface area contributed by atoms with Gasteiger partial charge in [0.05, 0.1) is 6.61 Å². The molecule has 5 N–H and O–H groups in total. The Bertz CT molecular complexity index is 1060. The quantitative estimate of drug-likeness (QED) is 0.0176. The minimum atomic E-state index is -5.36. The van der Waals surface area contributed by atoms with Crippen molar-refractivity contribution >= 4 is 19.8 Å². The van der Waals surface area contributed by atoms with E-state index in [4.69, 9.17) is 18.5 Å². The van der Waals surface area contributed by atoms with Gasteiger partial charge in [0.25, 0.3) is 7.82 Å². The van der Waals surface area contributed by atoms with Crippen molar-refractivity contribution < 1.29 is 63.1 Å². The Balaban J connectivity index is 2.48. The molecule has 1 fully saturated rings. The predicted molar refractivity (Wildman–Crippen MR) is 219 cm³/mol. The summed E-state index contributed by atoms with van der Waals surface area (Å²) in [6.45, 7) is 3.19. The van der Waals surface area contributed by atoms with Gasteiger partial charge in [0.2, 0.25) is 0 Å². The Morgan fingerprint density at radius 3 is 1.35 bits per heavy atom. The molecule has 0 amide bonds. The number of rotatable bonds is 37. The van der Waals surface area contributed by atoms with Gasteiger partial charge in [-0.1, -0.05) is 154 Å². The normalized spacial score (nSPS) is 22.7. The zero-order valence-corrected chi connectivity index (χ0v) is 36.3. The largest absolute Gasteiger partial charge is 0.756 e. The van der Waals surface area contributed by atoms with Crippen molar-refractivity contribution in [2.45, 2.75) is 236 Å². The first kappa shape index (κ1) is 53.6. The van der Waals surface area contributed by atoms with Crippen LogP contribution in [0.25, 0.3) is 0 Å². The lowest BCUT2D eigenvalue weighted by atomic mass is 9.85. The minimum absolute atomic E-state index is 0.0751. The molecule has 1 aliphatic rings. The number of phosphoric acid groups is 1. The number of hydrogen-bond acceptors (Lipinski definition) is 13. The molecule has 0 heterocycles. The fourth-order valence-electron chi connectivity index (χ4n) is 6.92. The third kappa shape index (κ3) is 27.1. The van der Waals surface area contributed by atoms with Crippen LogP contribution in [0.1, 0.15) is 194 Å². The van der Waals surface area contributed by atoms with Crippen molar-refractivity contribution in [2.24, 2.45) is 0 Å². The van der Waals surface area contributed by atoms with Gasteiger partial charge in [-0.3, -0.25) is 14.2 Å². The second-order valence-corrected chi connectivity index (χ2v) is 17.3. The Labute approximate surface area is 343 Å². The highest BCUT2D eigenvalue weighted by atomic mass is 31.2. The molecule has 1 aliphatic carbocycles. The van der Waals surface area contributed by atoms with Crippen molar-refractivity contribution in [1.29, 1.82) is 0 Å². The molecule has 0 bridgehead atoms. The third-order valence-corrected chi connectivity index (χ3v) is 11.6. The number of esters is 2. The smallest absolute Gasteiger partial charge is 0.306 e. The molecular weight excluding hydrogens is 755 g/mol. The van der Waals surface area contributed by atoms with E-state index in [0.717, 1.165) is 57.8 Å². The maximum atomic E-state index is 12.7. The summed E-state index contributed by atoms with van der Waals surface area (Å²) in [7, 11) is -5.36. The van der Waals surface area contributed by atoms with Gasteiger partial charge >= 0.3 is 11.9 Å². The second kappa shape index (κ2) is 34.3. The topological polar surface area (TPSA) is 212 Å². The highest BCUT2D eigenvalue weighted by Gasteiger charge is 2.50. The molecule has 57 heavy (non-hydrogen) atoms. The van der Waals surface area contributed by atoms with Crippen LogP contribution in [-0.2, 0) is 32.7 Å². The van der Waals surface area contributed by atoms with Crippen molar-refractivity contribution in [3.8, 4) is 0 Å². The summed E-state index contributed by atoms with van der Waals surface area (Å²) in [6, 6.07) is 0.